The average Bonchev–Trinajstić information content (AvgIpc) is 3.45. The van der Waals surface area contributed by atoms with Crippen molar-refractivity contribution in [1.29, 1.82) is 0 Å². The molecule has 0 bridgehead atoms. The van der Waals surface area contributed by atoms with E-state index in [1.165, 1.54) is 29.7 Å². The Morgan fingerprint density at radius 1 is 1.34 bits per heavy atom. The molecule has 0 aliphatic heterocycles. The summed E-state index contributed by atoms with van der Waals surface area (Å²) in [7, 11) is 1.62. The number of thiazole rings is 1. The third kappa shape index (κ3) is 4.27. The van der Waals surface area contributed by atoms with Crippen LogP contribution in [0.15, 0.2) is 52.9 Å². The average molecular weight is 411 g/mol. The number of aromatic carboxylic acids is 1. The quantitative estimate of drug-likeness (QED) is 0.452. The van der Waals surface area contributed by atoms with Crippen LogP contribution in [0.5, 0.6) is 5.75 Å². The first-order valence-corrected chi connectivity index (χ1v) is 9.89. The molecule has 6 nitrogen and oxygen atoms in total. The van der Waals surface area contributed by atoms with E-state index >= 15 is 0 Å². The van der Waals surface area contributed by atoms with Gasteiger partial charge in [-0.1, -0.05) is 12.1 Å². The monoisotopic (exact) mass is 411 g/mol. The zero-order valence-corrected chi connectivity index (χ0v) is 16.4. The van der Waals surface area contributed by atoms with Gasteiger partial charge in [0.1, 0.15) is 11.6 Å². The smallest absolute Gasteiger partial charge is 0.336 e. The van der Waals surface area contributed by atoms with E-state index in [0.717, 1.165) is 41.0 Å². The molecular formula is C21H18FN3O3S. The number of rotatable bonds is 7. The van der Waals surface area contributed by atoms with Crippen LogP contribution in [0.2, 0.25) is 0 Å². The fraction of sp³-hybridized carbons (Fsp3) is 0.190. The lowest BCUT2D eigenvalue weighted by atomic mass is 10.1. The minimum atomic E-state index is -1.20. The fourth-order valence-electron chi connectivity index (χ4n) is 2.85. The van der Waals surface area contributed by atoms with Gasteiger partial charge in [0.25, 0.3) is 0 Å². The zero-order chi connectivity index (χ0) is 20.4. The molecule has 0 unspecified atom stereocenters. The summed E-state index contributed by atoms with van der Waals surface area (Å²) in [6.07, 6.45) is 3.43. The SMILES string of the molecule is COc1cccc(-c2csc(N(/N=C/c3ccc(F)cc3C(=O)O)C3CC3)n2)c1. The largest absolute Gasteiger partial charge is 0.497 e. The first-order valence-electron chi connectivity index (χ1n) is 9.01. The third-order valence-electron chi connectivity index (χ3n) is 4.51. The number of hydrogen-bond acceptors (Lipinski definition) is 6. The van der Waals surface area contributed by atoms with Crippen LogP contribution in [0.1, 0.15) is 28.8 Å². The summed E-state index contributed by atoms with van der Waals surface area (Å²) >= 11 is 1.47. The van der Waals surface area contributed by atoms with E-state index in [1.54, 1.807) is 7.11 Å². The molecule has 8 heteroatoms. The van der Waals surface area contributed by atoms with Gasteiger partial charge in [-0.25, -0.2) is 19.2 Å². The number of hydrogen-bond donors (Lipinski definition) is 1. The number of benzene rings is 2. The summed E-state index contributed by atoms with van der Waals surface area (Å²) in [5, 5.41) is 18.3. The van der Waals surface area contributed by atoms with Gasteiger partial charge < -0.3 is 9.84 Å². The molecular weight excluding hydrogens is 393 g/mol. The molecule has 29 heavy (non-hydrogen) atoms. The van der Waals surface area contributed by atoms with Crippen molar-refractivity contribution in [1.82, 2.24) is 4.98 Å². The molecule has 4 rings (SSSR count). The second-order valence-corrected chi connectivity index (χ2v) is 7.44. The van der Waals surface area contributed by atoms with Crippen LogP contribution in [0.4, 0.5) is 9.52 Å². The van der Waals surface area contributed by atoms with Gasteiger partial charge >= 0.3 is 5.97 Å². The molecule has 0 amide bonds. The van der Waals surface area contributed by atoms with Crippen LogP contribution < -0.4 is 9.75 Å². The van der Waals surface area contributed by atoms with Gasteiger partial charge in [0, 0.05) is 16.5 Å². The number of ether oxygens (including phenoxy) is 1. The number of methoxy groups -OCH3 is 1. The summed E-state index contributed by atoms with van der Waals surface area (Å²) in [4.78, 5) is 16.1. The molecule has 1 aromatic heterocycles. The molecule has 0 saturated heterocycles. The molecule has 1 heterocycles. The minimum Gasteiger partial charge on any atom is -0.497 e. The van der Waals surface area contributed by atoms with E-state index in [1.807, 2.05) is 34.7 Å². The van der Waals surface area contributed by atoms with Gasteiger partial charge in [0.2, 0.25) is 5.13 Å². The molecule has 148 valence electrons. The van der Waals surface area contributed by atoms with Gasteiger partial charge in [0.05, 0.1) is 30.6 Å². The number of carboxylic acid groups (broad SMARTS) is 1. The number of halogens is 1. The number of hydrazone groups is 1. The van der Waals surface area contributed by atoms with Crippen molar-refractivity contribution < 1.29 is 19.0 Å². The van der Waals surface area contributed by atoms with Crippen molar-refractivity contribution in [3.05, 3.63) is 64.8 Å². The Morgan fingerprint density at radius 3 is 2.90 bits per heavy atom. The Hall–Kier alpha value is -3.26. The Balaban J connectivity index is 1.62. The van der Waals surface area contributed by atoms with Crippen LogP contribution in [0.25, 0.3) is 11.3 Å². The van der Waals surface area contributed by atoms with Crippen LogP contribution in [-0.2, 0) is 0 Å². The highest BCUT2D eigenvalue weighted by molar-refractivity contribution is 7.14. The zero-order valence-electron chi connectivity index (χ0n) is 15.6. The van der Waals surface area contributed by atoms with Crippen LogP contribution in [0.3, 0.4) is 0 Å². The van der Waals surface area contributed by atoms with Gasteiger partial charge in [-0.2, -0.15) is 5.10 Å². The Morgan fingerprint density at radius 2 is 2.17 bits per heavy atom. The predicted octanol–water partition coefficient (Wildman–Crippen LogP) is 4.66. The van der Waals surface area contributed by atoms with E-state index in [2.05, 4.69) is 5.10 Å². The highest BCUT2D eigenvalue weighted by atomic mass is 32.1. The van der Waals surface area contributed by atoms with Crippen LogP contribution in [-0.4, -0.2) is 35.4 Å². The maximum absolute atomic E-state index is 13.4. The topological polar surface area (TPSA) is 75.0 Å². The second kappa shape index (κ2) is 8.00. The lowest BCUT2D eigenvalue weighted by Crippen LogP contribution is -2.19. The van der Waals surface area contributed by atoms with Crippen molar-refractivity contribution in [2.24, 2.45) is 5.10 Å². The van der Waals surface area contributed by atoms with Gasteiger partial charge in [-0.3, -0.25) is 0 Å². The lowest BCUT2D eigenvalue weighted by molar-refractivity contribution is 0.0696. The van der Waals surface area contributed by atoms with Gasteiger partial charge in [-0.15, -0.1) is 11.3 Å². The summed E-state index contributed by atoms with van der Waals surface area (Å²) in [5.41, 5.74) is 1.98. The summed E-state index contributed by atoms with van der Waals surface area (Å²) < 4.78 is 18.7. The Bertz CT molecular complexity index is 1080. The molecule has 1 fully saturated rings. The molecule has 1 saturated carbocycles. The van der Waals surface area contributed by atoms with E-state index < -0.39 is 11.8 Å². The first kappa shape index (κ1) is 19.1. The van der Waals surface area contributed by atoms with Crippen molar-refractivity contribution >= 4 is 28.7 Å². The number of aromatic nitrogens is 1. The number of carboxylic acids is 1. The Kier molecular flexibility index (Phi) is 5.26. The van der Waals surface area contributed by atoms with Crippen LogP contribution >= 0.6 is 11.3 Å². The van der Waals surface area contributed by atoms with Gasteiger partial charge in [0.15, 0.2) is 0 Å². The van der Waals surface area contributed by atoms with Crippen molar-refractivity contribution in [2.45, 2.75) is 18.9 Å². The van der Waals surface area contributed by atoms with E-state index in [0.29, 0.717) is 5.56 Å². The van der Waals surface area contributed by atoms with E-state index in [9.17, 15) is 14.3 Å². The third-order valence-corrected chi connectivity index (χ3v) is 5.34. The molecule has 0 radical (unpaired) electrons. The van der Waals surface area contributed by atoms with E-state index in [-0.39, 0.29) is 11.6 Å². The number of carbonyl (C=O) groups is 1. The first-order chi connectivity index (χ1) is 14.0. The highest BCUT2D eigenvalue weighted by Crippen LogP contribution is 2.36. The fourth-order valence-corrected chi connectivity index (χ4v) is 3.72. The molecule has 3 aromatic rings. The number of nitrogens with zero attached hydrogens (tertiary/aromatic N) is 3. The summed E-state index contributed by atoms with van der Waals surface area (Å²) in [5.74, 6) is -1.04. The standard InChI is InChI=1S/C21H18FN3O3S/c1-28-17-4-2-3-13(9-17)19-12-29-21(24-19)25(16-7-8-16)23-11-14-5-6-15(22)10-18(14)20(26)27/h2-6,9-12,16H,7-8H2,1H3,(H,26,27)/b23-11+. The normalized spacial score (nSPS) is 13.6. The highest BCUT2D eigenvalue weighted by Gasteiger charge is 2.31. The Labute approximate surface area is 170 Å². The van der Waals surface area contributed by atoms with Crippen molar-refractivity contribution in [2.75, 3.05) is 12.1 Å². The van der Waals surface area contributed by atoms with Crippen molar-refractivity contribution in [3.8, 4) is 17.0 Å². The molecule has 0 atom stereocenters. The van der Waals surface area contributed by atoms with E-state index in [4.69, 9.17) is 9.72 Å². The molecule has 1 aliphatic carbocycles. The number of anilines is 1. The molecule has 0 spiro atoms. The molecule has 2 aromatic carbocycles. The van der Waals surface area contributed by atoms with Crippen LogP contribution in [0, 0.1) is 5.82 Å². The maximum atomic E-state index is 13.4. The second-order valence-electron chi connectivity index (χ2n) is 6.60. The summed E-state index contributed by atoms with van der Waals surface area (Å²) in [6.45, 7) is 0. The van der Waals surface area contributed by atoms with Gasteiger partial charge in [-0.05, 0) is 43.2 Å². The minimum absolute atomic E-state index is 0.124. The summed E-state index contributed by atoms with van der Waals surface area (Å²) in [6, 6.07) is 11.5. The molecule has 1 aliphatic rings. The maximum Gasteiger partial charge on any atom is 0.336 e. The lowest BCUT2D eigenvalue weighted by Gasteiger charge is -2.14. The predicted molar refractivity (Wildman–Crippen MR) is 111 cm³/mol. The van der Waals surface area contributed by atoms with Crippen molar-refractivity contribution in [3.63, 3.8) is 0 Å². The molecule has 1 N–H and O–H groups in total.